The van der Waals surface area contributed by atoms with Crippen molar-refractivity contribution >= 4 is 21.8 Å². The minimum absolute atomic E-state index is 0.631. The Labute approximate surface area is 138 Å². The van der Waals surface area contributed by atoms with Crippen LogP contribution in [0.15, 0.2) is 83.4 Å². The number of H-pyrrole nitrogens is 1. The zero-order valence-electron chi connectivity index (χ0n) is 12.9. The van der Waals surface area contributed by atoms with Gasteiger partial charge in [-0.25, -0.2) is 4.98 Å². The lowest BCUT2D eigenvalue weighted by molar-refractivity contribution is 0.589. The fourth-order valence-electron chi connectivity index (χ4n) is 3.19. The summed E-state index contributed by atoms with van der Waals surface area (Å²) in [6, 6.07) is 24.5. The molecule has 114 valence electrons. The van der Waals surface area contributed by atoms with E-state index >= 15 is 0 Å². The standard InChI is InChI=1S/C21H14N2O/c1-2-7-14(8-3-1)19-13-22-21(24-19)17-11-6-10-16-15-9-4-5-12-18(15)23-20(16)17/h1-13,23H. The van der Waals surface area contributed by atoms with Gasteiger partial charge in [-0.2, -0.15) is 0 Å². The SMILES string of the molecule is c1ccc(-c2cnc(-c3cccc4c3[nH]c3ccccc34)o2)cc1. The van der Waals surface area contributed by atoms with Crippen molar-refractivity contribution in [2.75, 3.05) is 0 Å². The number of hydrogen-bond donors (Lipinski definition) is 1. The zero-order valence-corrected chi connectivity index (χ0v) is 12.9. The topological polar surface area (TPSA) is 41.8 Å². The Morgan fingerprint density at radius 2 is 1.54 bits per heavy atom. The van der Waals surface area contributed by atoms with Crippen molar-refractivity contribution in [3.63, 3.8) is 0 Å². The second kappa shape index (κ2) is 5.10. The van der Waals surface area contributed by atoms with Crippen LogP contribution in [0.5, 0.6) is 0 Å². The number of para-hydroxylation sites is 2. The van der Waals surface area contributed by atoms with Gasteiger partial charge in [-0.05, 0) is 12.1 Å². The highest BCUT2D eigenvalue weighted by molar-refractivity contribution is 6.11. The van der Waals surface area contributed by atoms with Gasteiger partial charge in [-0.15, -0.1) is 0 Å². The predicted molar refractivity (Wildman–Crippen MR) is 96.7 cm³/mol. The normalized spacial score (nSPS) is 11.3. The Morgan fingerprint density at radius 1 is 0.750 bits per heavy atom. The lowest BCUT2D eigenvalue weighted by Crippen LogP contribution is -1.79. The molecule has 0 spiro atoms. The summed E-state index contributed by atoms with van der Waals surface area (Å²) in [6.07, 6.45) is 1.78. The van der Waals surface area contributed by atoms with Gasteiger partial charge in [0.05, 0.1) is 17.3 Å². The molecule has 0 amide bonds. The number of nitrogens with zero attached hydrogens (tertiary/aromatic N) is 1. The van der Waals surface area contributed by atoms with E-state index in [4.69, 9.17) is 4.42 Å². The van der Waals surface area contributed by atoms with Crippen LogP contribution in [-0.2, 0) is 0 Å². The molecule has 3 aromatic carbocycles. The Hall–Kier alpha value is -3.33. The molecule has 0 saturated heterocycles. The van der Waals surface area contributed by atoms with E-state index in [9.17, 15) is 0 Å². The Bertz CT molecular complexity index is 1150. The summed E-state index contributed by atoms with van der Waals surface area (Å²) in [4.78, 5) is 7.99. The Balaban J connectivity index is 1.71. The molecular formula is C21H14N2O. The molecular weight excluding hydrogens is 296 g/mol. The van der Waals surface area contributed by atoms with Crippen LogP contribution in [0, 0.1) is 0 Å². The van der Waals surface area contributed by atoms with Gasteiger partial charge < -0.3 is 9.40 Å². The predicted octanol–water partition coefficient (Wildman–Crippen LogP) is 5.64. The molecule has 5 rings (SSSR count). The molecule has 0 saturated carbocycles. The molecule has 24 heavy (non-hydrogen) atoms. The third-order valence-corrected chi connectivity index (χ3v) is 4.34. The fourth-order valence-corrected chi connectivity index (χ4v) is 3.19. The molecule has 2 aromatic heterocycles. The van der Waals surface area contributed by atoms with Gasteiger partial charge in [-0.3, -0.25) is 0 Å². The summed E-state index contributed by atoms with van der Waals surface area (Å²) in [5, 5.41) is 2.40. The first kappa shape index (κ1) is 13.1. The quantitative estimate of drug-likeness (QED) is 0.458. The van der Waals surface area contributed by atoms with Crippen LogP contribution in [0.2, 0.25) is 0 Å². The smallest absolute Gasteiger partial charge is 0.228 e. The largest absolute Gasteiger partial charge is 0.436 e. The first-order valence-corrected chi connectivity index (χ1v) is 7.91. The van der Waals surface area contributed by atoms with Crippen molar-refractivity contribution in [2.24, 2.45) is 0 Å². The van der Waals surface area contributed by atoms with Crippen LogP contribution in [0.4, 0.5) is 0 Å². The maximum atomic E-state index is 6.03. The number of oxazole rings is 1. The van der Waals surface area contributed by atoms with Gasteiger partial charge in [0.25, 0.3) is 0 Å². The van der Waals surface area contributed by atoms with Crippen molar-refractivity contribution in [3.8, 4) is 22.8 Å². The number of aromatic amines is 1. The number of fused-ring (bicyclic) bond motifs is 3. The Kier molecular flexibility index (Phi) is 2.79. The lowest BCUT2D eigenvalue weighted by atomic mass is 10.1. The number of benzene rings is 3. The average Bonchev–Trinajstić information content (AvgIpc) is 3.27. The van der Waals surface area contributed by atoms with E-state index in [2.05, 4.69) is 34.2 Å². The van der Waals surface area contributed by atoms with Gasteiger partial charge in [0.2, 0.25) is 5.89 Å². The van der Waals surface area contributed by atoms with E-state index < -0.39 is 0 Å². The molecule has 3 nitrogen and oxygen atoms in total. The van der Waals surface area contributed by atoms with Crippen molar-refractivity contribution in [2.45, 2.75) is 0 Å². The second-order valence-electron chi connectivity index (χ2n) is 5.79. The average molecular weight is 310 g/mol. The van der Waals surface area contributed by atoms with Gasteiger partial charge in [0, 0.05) is 21.9 Å². The van der Waals surface area contributed by atoms with Crippen molar-refractivity contribution in [3.05, 3.63) is 79.0 Å². The maximum Gasteiger partial charge on any atom is 0.228 e. The number of aromatic nitrogens is 2. The molecule has 0 unspecified atom stereocenters. The molecule has 0 bridgehead atoms. The van der Waals surface area contributed by atoms with Crippen LogP contribution in [0.25, 0.3) is 44.6 Å². The summed E-state index contributed by atoms with van der Waals surface area (Å²) in [7, 11) is 0. The summed E-state index contributed by atoms with van der Waals surface area (Å²) >= 11 is 0. The van der Waals surface area contributed by atoms with Crippen LogP contribution < -0.4 is 0 Å². The minimum Gasteiger partial charge on any atom is -0.436 e. The summed E-state index contributed by atoms with van der Waals surface area (Å²) in [5.41, 5.74) is 4.18. The first-order valence-electron chi connectivity index (χ1n) is 7.91. The fraction of sp³-hybridized carbons (Fsp3) is 0. The number of nitrogens with one attached hydrogen (secondary N) is 1. The van der Waals surface area contributed by atoms with E-state index in [1.807, 2.05) is 48.5 Å². The summed E-state index contributed by atoms with van der Waals surface area (Å²) in [6.45, 7) is 0. The monoisotopic (exact) mass is 310 g/mol. The molecule has 0 aliphatic heterocycles. The summed E-state index contributed by atoms with van der Waals surface area (Å²) in [5.74, 6) is 1.41. The molecule has 0 radical (unpaired) electrons. The van der Waals surface area contributed by atoms with Gasteiger partial charge in [0.15, 0.2) is 5.76 Å². The van der Waals surface area contributed by atoms with Crippen LogP contribution in [0.3, 0.4) is 0 Å². The van der Waals surface area contributed by atoms with Crippen LogP contribution in [0.1, 0.15) is 0 Å². The molecule has 1 N–H and O–H groups in total. The van der Waals surface area contributed by atoms with E-state index in [0.29, 0.717) is 5.89 Å². The first-order chi connectivity index (χ1) is 11.9. The molecule has 0 aliphatic carbocycles. The van der Waals surface area contributed by atoms with Gasteiger partial charge >= 0.3 is 0 Å². The van der Waals surface area contributed by atoms with Crippen molar-refractivity contribution in [1.82, 2.24) is 9.97 Å². The van der Waals surface area contributed by atoms with E-state index in [0.717, 1.165) is 27.9 Å². The highest BCUT2D eigenvalue weighted by Gasteiger charge is 2.14. The zero-order chi connectivity index (χ0) is 15.9. The number of rotatable bonds is 2. The highest BCUT2D eigenvalue weighted by Crippen LogP contribution is 2.34. The molecule has 0 aliphatic rings. The maximum absolute atomic E-state index is 6.03. The summed E-state index contributed by atoms with van der Waals surface area (Å²) < 4.78 is 6.03. The molecule has 3 heteroatoms. The third-order valence-electron chi connectivity index (χ3n) is 4.34. The highest BCUT2D eigenvalue weighted by atomic mass is 16.4. The molecule has 0 atom stereocenters. The van der Waals surface area contributed by atoms with E-state index in [1.54, 1.807) is 6.20 Å². The van der Waals surface area contributed by atoms with Gasteiger partial charge in [-0.1, -0.05) is 60.7 Å². The van der Waals surface area contributed by atoms with Gasteiger partial charge in [0.1, 0.15) is 0 Å². The van der Waals surface area contributed by atoms with Crippen molar-refractivity contribution < 1.29 is 4.42 Å². The third kappa shape index (κ3) is 1.95. The van der Waals surface area contributed by atoms with E-state index in [-0.39, 0.29) is 0 Å². The molecule has 2 heterocycles. The van der Waals surface area contributed by atoms with Crippen molar-refractivity contribution in [1.29, 1.82) is 0 Å². The molecule has 5 aromatic rings. The lowest BCUT2D eigenvalue weighted by Gasteiger charge is -1.99. The minimum atomic E-state index is 0.631. The number of hydrogen-bond acceptors (Lipinski definition) is 2. The molecule has 0 fully saturated rings. The van der Waals surface area contributed by atoms with Crippen LogP contribution >= 0.6 is 0 Å². The van der Waals surface area contributed by atoms with Crippen LogP contribution in [-0.4, -0.2) is 9.97 Å². The Morgan fingerprint density at radius 3 is 2.46 bits per heavy atom. The second-order valence-corrected chi connectivity index (χ2v) is 5.79. The van der Waals surface area contributed by atoms with E-state index in [1.165, 1.54) is 10.8 Å².